The Morgan fingerprint density at radius 3 is 2.46 bits per heavy atom. The molecule has 0 radical (unpaired) electrons. The molecule has 0 bridgehead atoms. The van der Waals surface area contributed by atoms with E-state index in [1.807, 2.05) is 30.3 Å². The summed E-state index contributed by atoms with van der Waals surface area (Å²) in [5.74, 6) is -0.00815. The highest BCUT2D eigenvalue weighted by Gasteiger charge is 2.23. The minimum Gasteiger partial charge on any atom is -0.293 e. The van der Waals surface area contributed by atoms with E-state index in [9.17, 15) is 4.79 Å². The Hall–Kier alpha value is -1.22. The zero-order valence-electron chi connectivity index (χ0n) is 6.92. The number of carbonyl (C=O) groups is 1. The smallest absolute Gasteiger partial charge is 0.251 e. The monoisotopic (exact) mass is 191 g/mol. The van der Waals surface area contributed by atoms with Crippen LogP contribution in [0, 0.1) is 0 Å². The lowest BCUT2D eigenvalue weighted by atomic mass is 10.3. The zero-order valence-corrected chi connectivity index (χ0v) is 7.82. The molecule has 1 aromatic carbocycles. The Morgan fingerprint density at radius 2 is 1.92 bits per heavy atom. The van der Waals surface area contributed by atoms with Crippen molar-refractivity contribution in [2.75, 3.05) is 4.90 Å². The average Bonchev–Trinajstić information content (AvgIpc) is 2.48. The summed E-state index contributed by atoms with van der Waals surface area (Å²) < 4.78 is 0. The second-order valence-electron chi connectivity index (χ2n) is 2.82. The number of para-hydroxylation sites is 1. The average molecular weight is 191 g/mol. The minimum atomic E-state index is -0.130. The predicted molar refractivity (Wildman–Crippen MR) is 55.8 cm³/mol. The second kappa shape index (κ2) is 3.26. The van der Waals surface area contributed by atoms with Crippen LogP contribution >= 0.6 is 12.6 Å². The van der Waals surface area contributed by atoms with Crippen molar-refractivity contribution in [2.24, 2.45) is 0 Å². The molecule has 0 aliphatic carbocycles. The van der Waals surface area contributed by atoms with E-state index < -0.39 is 0 Å². The molecule has 0 saturated heterocycles. The molecule has 1 heterocycles. The van der Waals surface area contributed by atoms with Crippen LogP contribution in [0.4, 0.5) is 5.69 Å². The summed E-state index contributed by atoms with van der Waals surface area (Å²) in [4.78, 5) is 13.0. The molecule has 1 atom stereocenters. The molecule has 3 heteroatoms. The van der Waals surface area contributed by atoms with E-state index in [-0.39, 0.29) is 11.3 Å². The molecule has 0 spiro atoms. The van der Waals surface area contributed by atoms with Gasteiger partial charge >= 0.3 is 0 Å². The quantitative estimate of drug-likeness (QED) is 0.672. The summed E-state index contributed by atoms with van der Waals surface area (Å²) in [6, 6.07) is 9.52. The first-order valence-corrected chi connectivity index (χ1v) is 4.55. The number of nitrogens with zero attached hydrogens (tertiary/aromatic N) is 1. The Labute approximate surface area is 82.3 Å². The van der Waals surface area contributed by atoms with Gasteiger partial charge in [0.05, 0.1) is 5.37 Å². The van der Waals surface area contributed by atoms with E-state index in [1.54, 1.807) is 17.1 Å². The highest BCUT2D eigenvalue weighted by Crippen LogP contribution is 2.23. The summed E-state index contributed by atoms with van der Waals surface area (Å²) >= 11 is 4.28. The van der Waals surface area contributed by atoms with E-state index >= 15 is 0 Å². The fourth-order valence-corrected chi connectivity index (χ4v) is 1.67. The van der Waals surface area contributed by atoms with Crippen LogP contribution in [0.3, 0.4) is 0 Å². The third kappa shape index (κ3) is 1.47. The number of anilines is 1. The number of benzene rings is 1. The van der Waals surface area contributed by atoms with Gasteiger partial charge in [0.1, 0.15) is 0 Å². The molecule has 1 aromatic rings. The van der Waals surface area contributed by atoms with Crippen molar-refractivity contribution in [2.45, 2.75) is 5.37 Å². The molecule has 0 N–H and O–H groups in total. The minimum absolute atomic E-state index is 0.00815. The first kappa shape index (κ1) is 8.38. The van der Waals surface area contributed by atoms with E-state index in [0.717, 1.165) is 5.69 Å². The van der Waals surface area contributed by atoms with Crippen LogP contribution in [0.1, 0.15) is 0 Å². The van der Waals surface area contributed by atoms with Crippen molar-refractivity contribution in [3.05, 3.63) is 42.5 Å². The van der Waals surface area contributed by atoms with Crippen LogP contribution in [-0.2, 0) is 4.79 Å². The van der Waals surface area contributed by atoms with Gasteiger partial charge in [-0.2, -0.15) is 0 Å². The Morgan fingerprint density at radius 1 is 1.23 bits per heavy atom. The number of carbonyl (C=O) groups excluding carboxylic acids is 1. The molecule has 0 saturated carbocycles. The Balaban J connectivity index is 2.33. The molecule has 0 fully saturated rings. The normalized spacial score (nSPS) is 21.2. The molecule has 1 aliphatic rings. The molecule has 1 amide bonds. The fraction of sp³-hybridized carbons (Fsp3) is 0.100. The first-order valence-electron chi connectivity index (χ1n) is 4.03. The van der Waals surface area contributed by atoms with Gasteiger partial charge in [0.2, 0.25) is 0 Å². The number of amides is 1. The molecule has 2 rings (SSSR count). The fourth-order valence-electron chi connectivity index (χ4n) is 1.33. The summed E-state index contributed by atoms with van der Waals surface area (Å²) in [5, 5.41) is -0.130. The van der Waals surface area contributed by atoms with E-state index in [4.69, 9.17) is 0 Å². The predicted octanol–water partition coefficient (Wildman–Crippen LogP) is 1.85. The van der Waals surface area contributed by atoms with E-state index in [0.29, 0.717) is 0 Å². The molecule has 66 valence electrons. The van der Waals surface area contributed by atoms with E-state index in [1.165, 1.54) is 0 Å². The van der Waals surface area contributed by atoms with Crippen molar-refractivity contribution in [1.29, 1.82) is 0 Å². The topological polar surface area (TPSA) is 20.3 Å². The van der Waals surface area contributed by atoms with E-state index in [2.05, 4.69) is 12.6 Å². The van der Waals surface area contributed by atoms with Gasteiger partial charge in [-0.3, -0.25) is 9.69 Å². The van der Waals surface area contributed by atoms with Crippen LogP contribution < -0.4 is 4.90 Å². The standard InChI is InChI=1S/C10H9NOS/c12-9-6-7-10(13)11(9)8-4-2-1-3-5-8/h1-7,10,13H. The lowest BCUT2D eigenvalue weighted by molar-refractivity contribution is -0.113. The van der Waals surface area contributed by atoms with Gasteiger partial charge in [-0.15, -0.1) is 12.6 Å². The summed E-state index contributed by atoms with van der Waals surface area (Å²) in [6.07, 6.45) is 3.32. The third-order valence-corrected chi connectivity index (χ3v) is 2.35. The first-order chi connectivity index (χ1) is 6.29. The van der Waals surface area contributed by atoms with Gasteiger partial charge in [-0.1, -0.05) is 18.2 Å². The summed E-state index contributed by atoms with van der Waals surface area (Å²) in [7, 11) is 0. The van der Waals surface area contributed by atoms with Crippen molar-refractivity contribution in [3.8, 4) is 0 Å². The molecule has 1 unspecified atom stereocenters. The van der Waals surface area contributed by atoms with Gasteiger partial charge in [0.15, 0.2) is 0 Å². The van der Waals surface area contributed by atoms with Gasteiger partial charge in [-0.05, 0) is 18.2 Å². The van der Waals surface area contributed by atoms with Crippen molar-refractivity contribution < 1.29 is 4.79 Å². The molecule has 2 nitrogen and oxygen atoms in total. The summed E-state index contributed by atoms with van der Waals surface area (Å²) in [6.45, 7) is 0. The molecule has 1 aliphatic heterocycles. The molecular weight excluding hydrogens is 182 g/mol. The van der Waals surface area contributed by atoms with Gasteiger partial charge in [-0.25, -0.2) is 0 Å². The highest BCUT2D eigenvalue weighted by atomic mass is 32.1. The van der Waals surface area contributed by atoms with Crippen molar-refractivity contribution in [3.63, 3.8) is 0 Å². The van der Waals surface area contributed by atoms with Crippen LogP contribution in [0.2, 0.25) is 0 Å². The maximum atomic E-state index is 11.4. The second-order valence-corrected chi connectivity index (χ2v) is 3.35. The van der Waals surface area contributed by atoms with Crippen LogP contribution in [-0.4, -0.2) is 11.3 Å². The van der Waals surface area contributed by atoms with Crippen LogP contribution in [0.25, 0.3) is 0 Å². The van der Waals surface area contributed by atoms with Gasteiger partial charge < -0.3 is 0 Å². The molecule has 13 heavy (non-hydrogen) atoms. The molecule has 0 aromatic heterocycles. The van der Waals surface area contributed by atoms with Crippen molar-refractivity contribution >= 4 is 24.2 Å². The van der Waals surface area contributed by atoms with Gasteiger partial charge in [0, 0.05) is 11.8 Å². The lowest BCUT2D eigenvalue weighted by Crippen LogP contribution is -2.29. The lowest BCUT2D eigenvalue weighted by Gasteiger charge is -2.20. The number of hydrogen-bond donors (Lipinski definition) is 1. The Kier molecular flexibility index (Phi) is 2.10. The largest absolute Gasteiger partial charge is 0.293 e. The maximum absolute atomic E-state index is 11.4. The highest BCUT2D eigenvalue weighted by molar-refractivity contribution is 7.81. The van der Waals surface area contributed by atoms with Crippen LogP contribution in [0.15, 0.2) is 42.5 Å². The number of rotatable bonds is 1. The third-order valence-electron chi connectivity index (χ3n) is 1.95. The SMILES string of the molecule is O=C1C=CC(S)N1c1ccccc1. The maximum Gasteiger partial charge on any atom is 0.251 e. The number of thiol groups is 1. The van der Waals surface area contributed by atoms with Gasteiger partial charge in [0.25, 0.3) is 5.91 Å². The Bertz CT molecular complexity index is 347. The molecular formula is C10H9NOS. The number of hydrogen-bond acceptors (Lipinski definition) is 2. The van der Waals surface area contributed by atoms with Crippen molar-refractivity contribution in [1.82, 2.24) is 0 Å². The zero-order chi connectivity index (χ0) is 9.26. The summed E-state index contributed by atoms with van der Waals surface area (Å²) in [5.41, 5.74) is 0.887. The van der Waals surface area contributed by atoms with Crippen LogP contribution in [0.5, 0.6) is 0 Å².